The lowest BCUT2D eigenvalue weighted by atomic mass is 10.1. The predicted molar refractivity (Wildman–Crippen MR) is 83.5 cm³/mol. The van der Waals surface area contributed by atoms with E-state index in [9.17, 15) is 0 Å². The fourth-order valence-corrected chi connectivity index (χ4v) is 1.90. The van der Waals surface area contributed by atoms with Gasteiger partial charge in [-0.2, -0.15) is 0 Å². The second kappa shape index (κ2) is 9.15. The maximum atomic E-state index is 5.50. The Morgan fingerprint density at radius 3 is 2.19 bits per heavy atom. The molecular formula is C17H27NO3. The van der Waals surface area contributed by atoms with Crippen molar-refractivity contribution in [3.8, 4) is 0 Å². The summed E-state index contributed by atoms with van der Waals surface area (Å²) in [5, 5.41) is 0. The summed E-state index contributed by atoms with van der Waals surface area (Å²) in [5.74, 6) is 0. The highest BCUT2D eigenvalue weighted by Crippen LogP contribution is 2.10. The van der Waals surface area contributed by atoms with Crippen molar-refractivity contribution < 1.29 is 14.2 Å². The van der Waals surface area contributed by atoms with Gasteiger partial charge in [0.2, 0.25) is 0 Å². The number of epoxide rings is 2. The molecule has 2 aliphatic heterocycles. The highest BCUT2D eigenvalue weighted by Gasteiger charge is 2.21. The largest absolute Gasteiger partial charge is 0.379 e. The summed E-state index contributed by atoms with van der Waals surface area (Å²) in [6.45, 7) is 6.27. The number of hydrogen-bond donors (Lipinski definition) is 1. The molecule has 0 spiro atoms. The normalized spacial score (nSPS) is 22.4. The van der Waals surface area contributed by atoms with Crippen LogP contribution in [0.1, 0.15) is 24.5 Å². The maximum absolute atomic E-state index is 5.50. The van der Waals surface area contributed by atoms with Crippen molar-refractivity contribution in [2.75, 3.05) is 33.0 Å². The minimum Gasteiger partial charge on any atom is -0.379 e. The van der Waals surface area contributed by atoms with E-state index >= 15 is 0 Å². The topological polar surface area (TPSA) is 60.3 Å². The third kappa shape index (κ3) is 7.58. The SMILES string of the molecule is CCc1ccc(CCCOCC2CO2)cc1.NCC1CO1. The molecule has 1 aromatic rings. The van der Waals surface area contributed by atoms with Crippen LogP contribution < -0.4 is 5.73 Å². The van der Waals surface area contributed by atoms with E-state index in [4.69, 9.17) is 19.9 Å². The predicted octanol–water partition coefficient (Wildman–Crippen LogP) is 1.94. The molecule has 3 rings (SSSR count). The van der Waals surface area contributed by atoms with Crippen LogP contribution in [0.4, 0.5) is 0 Å². The summed E-state index contributed by atoms with van der Waals surface area (Å²) in [7, 11) is 0. The molecule has 4 heteroatoms. The number of rotatable bonds is 8. The van der Waals surface area contributed by atoms with E-state index in [-0.39, 0.29) is 0 Å². The Morgan fingerprint density at radius 1 is 1.10 bits per heavy atom. The Balaban J connectivity index is 0.000000272. The van der Waals surface area contributed by atoms with Gasteiger partial charge >= 0.3 is 0 Å². The van der Waals surface area contributed by atoms with Crippen molar-refractivity contribution in [2.24, 2.45) is 5.73 Å². The maximum Gasteiger partial charge on any atom is 0.104 e. The third-order valence-electron chi connectivity index (χ3n) is 3.56. The number of hydrogen-bond acceptors (Lipinski definition) is 4. The van der Waals surface area contributed by atoms with Gasteiger partial charge in [0, 0.05) is 13.2 Å². The molecular weight excluding hydrogens is 266 g/mol. The van der Waals surface area contributed by atoms with Gasteiger partial charge in [-0.15, -0.1) is 0 Å². The van der Waals surface area contributed by atoms with Crippen LogP contribution in [-0.4, -0.2) is 45.2 Å². The van der Waals surface area contributed by atoms with E-state index in [0.717, 1.165) is 45.7 Å². The Bertz CT molecular complexity index is 386. The van der Waals surface area contributed by atoms with Gasteiger partial charge < -0.3 is 19.9 Å². The molecule has 2 atom stereocenters. The van der Waals surface area contributed by atoms with E-state index in [1.54, 1.807) is 0 Å². The molecule has 0 saturated carbocycles. The Labute approximate surface area is 127 Å². The Kier molecular flexibility index (Phi) is 7.16. The van der Waals surface area contributed by atoms with Crippen molar-refractivity contribution in [1.29, 1.82) is 0 Å². The average molecular weight is 293 g/mol. The quantitative estimate of drug-likeness (QED) is 0.588. The van der Waals surface area contributed by atoms with Crippen LogP contribution in [0.25, 0.3) is 0 Å². The molecule has 2 aliphatic rings. The molecule has 0 bridgehead atoms. The van der Waals surface area contributed by atoms with Gasteiger partial charge in [-0.05, 0) is 30.4 Å². The highest BCUT2D eigenvalue weighted by molar-refractivity contribution is 5.22. The molecule has 2 N–H and O–H groups in total. The van der Waals surface area contributed by atoms with Crippen LogP contribution in [0, 0.1) is 0 Å². The lowest BCUT2D eigenvalue weighted by molar-refractivity contribution is 0.114. The lowest BCUT2D eigenvalue weighted by Crippen LogP contribution is -2.05. The first-order chi connectivity index (χ1) is 10.3. The fourth-order valence-electron chi connectivity index (χ4n) is 1.90. The number of ether oxygens (including phenoxy) is 3. The van der Waals surface area contributed by atoms with Crippen LogP contribution in [0.5, 0.6) is 0 Å². The second-order valence-electron chi connectivity index (χ2n) is 5.49. The summed E-state index contributed by atoms with van der Waals surface area (Å²) in [4.78, 5) is 0. The van der Waals surface area contributed by atoms with E-state index < -0.39 is 0 Å². The average Bonchev–Trinajstić information content (AvgIpc) is 3.41. The van der Waals surface area contributed by atoms with E-state index in [2.05, 4.69) is 31.2 Å². The van der Waals surface area contributed by atoms with Crippen LogP contribution in [0.2, 0.25) is 0 Å². The van der Waals surface area contributed by atoms with Crippen molar-refractivity contribution in [3.63, 3.8) is 0 Å². The van der Waals surface area contributed by atoms with E-state index in [1.807, 2.05) is 0 Å². The second-order valence-corrected chi connectivity index (χ2v) is 5.49. The molecule has 2 unspecified atom stereocenters. The zero-order chi connectivity index (χ0) is 14.9. The molecule has 0 aliphatic carbocycles. The van der Waals surface area contributed by atoms with Crippen LogP contribution in [0.3, 0.4) is 0 Å². The summed E-state index contributed by atoms with van der Waals surface area (Å²) in [5.41, 5.74) is 7.92. The zero-order valence-corrected chi connectivity index (χ0v) is 12.9. The van der Waals surface area contributed by atoms with Gasteiger partial charge in [0.05, 0.1) is 25.9 Å². The lowest BCUT2D eigenvalue weighted by Gasteiger charge is -2.03. The smallest absolute Gasteiger partial charge is 0.104 e. The van der Waals surface area contributed by atoms with Crippen molar-refractivity contribution in [1.82, 2.24) is 0 Å². The molecule has 2 saturated heterocycles. The Morgan fingerprint density at radius 2 is 1.71 bits per heavy atom. The molecule has 0 radical (unpaired) electrons. The van der Waals surface area contributed by atoms with Gasteiger partial charge in [0.15, 0.2) is 0 Å². The van der Waals surface area contributed by atoms with Gasteiger partial charge in [-0.25, -0.2) is 0 Å². The van der Waals surface area contributed by atoms with Crippen molar-refractivity contribution in [2.45, 2.75) is 38.4 Å². The molecule has 118 valence electrons. The highest BCUT2D eigenvalue weighted by atomic mass is 16.6. The molecule has 1 aromatic carbocycles. The van der Waals surface area contributed by atoms with Crippen LogP contribution >= 0.6 is 0 Å². The van der Waals surface area contributed by atoms with E-state index in [0.29, 0.717) is 18.8 Å². The van der Waals surface area contributed by atoms with Crippen molar-refractivity contribution >= 4 is 0 Å². The van der Waals surface area contributed by atoms with Gasteiger partial charge in [0.25, 0.3) is 0 Å². The number of aryl methyl sites for hydroxylation is 2. The molecule has 2 fully saturated rings. The monoisotopic (exact) mass is 293 g/mol. The minimum atomic E-state index is 0.392. The summed E-state index contributed by atoms with van der Waals surface area (Å²) in [6, 6.07) is 8.88. The molecule has 21 heavy (non-hydrogen) atoms. The molecule has 2 heterocycles. The number of nitrogens with two attached hydrogens (primary N) is 1. The standard InChI is InChI=1S/C14H20O2.C3H7NO/c1-2-12-5-7-13(8-6-12)4-3-9-15-10-14-11-16-14;4-1-3-2-5-3/h5-8,14H,2-4,9-11H2,1H3;3H,1-2,4H2. The van der Waals surface area contributed by atoms with Gasteiger partial charge in [-0.1, -0.05) is 31.2 Å². The van der Waals surface area contributed by atoms with Gasteiger partial charge in [0.1, 0.15) is 6.10 Å². The summed E-state index contributed by atoms with van der Waals surface area (Å²) in [6.07, 6.45) is 4.12. The Hall–Kier alpha value is -0.940. The molecule has 0 amide bonds. The zero-order valence-electron chi connectivity index (χ0n) is 12.9. The third-order valence-corrected chi connectivity index (χ3v) is 3.56. The number of benzene rings is 1. The van der Waals surface area contributed by atoms with Crippen molar-refractivity contribution in [3.05, 3.63) is 35.4 Å². The van der Waals surface area contributed by atoms with E-state index in [1.165, 1.54) is 11.1 Å². The molecule has 4 nitrogen and oxygen atoms in total. The fraction of sp³-hybridized carbons (Fsp3) is 0.647. The first kappa shape index (κ1) is 16.4. The summed E-state index contributed by atoms with van der Waals surface area (Å²) < 4.78 is 15.3. The van der Waals surface area contributed by atoms with Crippen LogP contribution in [0.15, 0.2) is 24.3 Å². The summed E-state index contributed by atoms with van der Waals surface area (Å²) >= 11 is 0. The molecule has 0 aromatic heterocycles. The van der Waals surface area contributed by atoms with Gasteiger partial charge in [-0.3, -0.25) is 0 Å². The van der Waals surface area contributed by atoms with Crippen LogP contribution in [-0.2, 0) is 27.1 Å². The first-order valence-corrected chi connectivity index (χ1v) is 7.90. The minimum absolute atomic E-state index is 0.392. The first-order valence-electron chi connectivity index (χ1n) is 7.90.